The highest BCUT2D eigenvalue weighted by Gasteiger charge is 2.07. The number of oxazole rings is 1. The lowest BCUT2D eigenvalue weighted by molar-refractivity contribution is 0.602. The Morgan fingerprint density at radius 2 is 1.68 bits per heavy atom. The maximum Gasteiger partial charge on any atom is 0.182 e. The topological polar surface area (TPSA) is 26.0 Å². The average Bonchev–Trinajstić information content (AvgIpc) is 2.95. The molecule has 0 bridgehead atoms. The van der Waals surface area contributed by atoms with Gasteiger partial charge in [-0.05, 0) is 28.5 Å². The van der Waals surface area contributed by atoms with E-state index in [2.05, 4.69) is 53.5 Å². The van der Waals surface area contributed by atoms with Crippen LogP contribution in [-0.4, -0.2) is 4.98 Å². The zero-order valence-electron chi connectivity index (χ0n) is 10.2. The summed E-state index contributed by atoms with van der Waals surface area (Å²) in [5.74, 6) is 0. The molecule has 3 aromatic carbocycles. The van der Waals surface area contributed by atoms with Gasteiger partial charge >= 0.3 is 0 Å². The van der Waals surface area contributed by atoms with Gasteiger partial charge in [0.1, 0.15) is 5.52 Å². The fourth-order valence-electron chi connectivity index (χ4n) is 2.48. The van der Waals surface area contributed by atoms with Gasteiger partial charge in [-0.1, -0.05) is 48.5 Å². The summed E-state index contributed by atoms with van der Waals surface area (Å²) in [4.78, 5) is 4.31. The van der Waals surface area contributed by atoms with Crippen molar-refractivity contribution < 1.29 is 4.42 Å². The zero-order valence-corrected chi connectivity index (χ0v) is 10.2. The van der Waals surface area contributed by atoms with Gasteiger partial charge in [0.2, 0.25) is 0 Å². The molecular formula is C17H11NO. The Bertz CT molecular complexity index is 876. The maximum absolute atomic E-state index is 5.36. The molecule has 0 saturated heterocycles. The highest BCUT2D eigenvalue weighted by molar-refractivity contribution is 5.94. The predicted octanol–water partition coefficient (Wildman–Crippen LogP) is 4.65. The SMILES string of the molecule is c1ccc2cc(-c3cccc4ocnc34)ccc2c1. The molecule has 0 aliphatic rings. The molecule has 4 aromatic rings. The highest BCUT2D eigenvalue weighted by atomic mass is 16.3. The molecule has 0 spiro atoms. The van der Waals surface area contributed by atoms with Gasteiger partial charge in [-0.3, -0.25) is 0 Å². The zero-order chi connectivity index (χ0) is 12.7. The molecule has 2 nitrogen and oxygen atoms in total. The molecule has 1 aromatic heterocycles. The lowest BCUT2D eigenvalue weighted by Gasteiger charge is -2.04. The number of hydrogen-bond acceptors (Lipinski definition) is 2. The Labute approximate surface area is 110 Å². The number of benzene rings is 3. The summed E-state index contributed by atoms with van der Waals surface area (Å²) >= 11 is 0. The first kappa shape index (κ1) is 10.3. The molecule has 0 N–H and O–H groups in total. The van der Waals surface area contributed by atoms with Gasteiger partial charge in [0.05, 0.1) is 0 Å². The second kappa shape index (κ2) is 3.95. The van der Waals surface area contributed by atoms with E-state index < -0.39 is 0 Å². The summed E-state index contributed by atoms with van der Waals surface area (Å²) < 4.78 is 5.36. The van der Waals surface area contributed by atoms with Crippen molar-refractivity contribution in [2.45, 2.75) is 0 Å². The third-order valence-corrected chi connectivity index (χ3v) is 3.42. The van der Waals surface area contributed by atoms with E-state index in [1.54, 1.807) is 0 Å². The molecular weight excluding hydrogens is 234 g/mol. The number of nitrogens with zero attached hydrogens (tertiary/aromatic N) is 1. The van der Waals surface area contributed by atoms with Crippen molar-refractivity contribution in [3.8, 4) is 11.1 Å². The molecule has 0 radical (unpaired) electrons. The molecule has 0 amide bonds. The molecule has 0 fully saturated rings. The Hall–Kier alpha value is -2.61. The van der Waals surface area contributed by atoms with Gasteiger partial charge in [-0.15, -0.1) is 0 Å². The van der Waals surface area contributed by atoms with Gasteiger partial charge in [-0.2, -0.15) is 0 Å². The smallest absolute Gasteiger partial charge is 0.182 e. The van der Waals surface area contributed by atoms with Crippen LogP contribution < -0.4 is 0 Å². The molecule has 0 atom stereocenters. The molecule has 0 aliphatic heterocycles. The summed E-state index contributed by atoms with van der Waals surface area (Å²) in [6, 6.07) is 20.8. The number of rotatable bonds is 1. The van der Waals surface area contributed by atoms with Crippen molar-refractivity contribution in [1.29, 1.82) is 0 Å². The molecule has 0 aliphatic carbocycles. The molecule has 0 unspecified atom stereocenters. The first-order chi connectivity index (χ1) is 9.42. The van der Waals surface area contributed by atoms with Crippen molar-refractivity contribution in [2.24, 2.45) is 0 Å². The van der Waals surface area contributed by atoms with E-state index in [0.29, 0.717) is 0 Å². The lowest BCUT2D eigenvalue weighted by atomic mass is 10.0. The number of hydrogen-bond donors (Lipinski definition) is 0. The van der Waals surface area contributed by atoms with E-state index >= 15 is 0 Å². The summed E-state index contributed by atoms with van der Waals surface area (Å²) in [7, 11) is 0. The van der Waals surface area contributed by atoms with Crippen LogP contribution in [0.15, 0.2) is 71.5 Å². The minimum atomic E-state index is 0.825. The van der Waals surface area contributed by atoms with Crippen LogP contribution in [0.25, 0.3) is 33.0 Å². The van der Waals surface area contributed by atoms with Crippen LogP contribution in [0.1, 0.15) is 0 Å². The van der Waals surface area contributed by atoms with Gasteiger partial charge < -0.3 is 4.42 Å². The minimum absolute atomic E-state index is 0.825. The largest absolute Gasteiger partial charge is 0.443 e. The Morgan fingerprint density at radius 1 is 0.789 bits per heavy atom. The lowest BCUT2D eigenvalue weighted by Crippen LogP contribution is -1.81. The molecule has 4 rings (SSSR count). The van der Waals surface area contributed by atoms with E-state index in [1.807, 2.05) is 12.1 Å². The average molecular weight is 245 g/mol. The van der Waals surface area contributed by atoms with Crippen LogP contribution >= 0.6 is 0 Å². The summed E-state index contributed by atoms with van der Waals surface area (Å²) in [5.41, 5.74) is 4.01. The fourth-order valence-corrected chi connectivity index (χ4v) is 2.48. The number of para-hydroxylation sites is 1. The van der Waals surface area contributed by atoms with Crippen LogP contribution in [0.4, 0.5) is 0 Å². The monoisotopic (exact) mass is 245 g/mol. The van der Waals surface area contributed by atoms with Crippen LogP contribution in [-0.2, 0) is 0 Å². The van der Waals surface area contributed by atoms with Gasteiger partial charge in [0, 0.05) is 5.56 Å². The normalized spacial score (nSPS) is 11.2. The van der Waals surface area contributed by atoms with Crippen LogP contribution in [0.5, 0.6) is 0 Å². The summed E-state index contributed by atoms with van der Waals surface area (Å²) in [5, 5.41) is 2.49. The third-order valence-electron chi connectivity index (χ3n) is 3.42. The summed E-state index contributed by atoms with van der Waals surface area (Å²) in [6.45, 7) is 0. The predicted molar refractivity (Wildman–Crippen MR) is 77.0 cm³/mol. The highest BCUT2D eigenvalue weighted by Crippen LogP contribution is 2.29. The number of fused-ring (bicyclic) bond motifs is 2. The number of aromatic nitrogens is 1. The molecule has 0 saturated carbocycles. The first-order valence-corrected chi connectivity index (χ1v) is 6.23. The quantitative estimate of drug-likeness (QED) is 0.488. The Kier molecular flexibility index (Phi) is 2.15. The van der Waals surface area contributed by atoms with Crippen molar-refractivity contribution in [2.75, 3.05) is 0 Å². The Balaban J connectivity index is 2.01. The standard InChI is InChI=1S/C17H11NO/c1-2-5-13-10-14(9-8-12(13)4-1)15-6-3-7-16-17(15)18-11-19-16/h1-11H. The van der Waals surface area contributed by atoms with Crippen LogP contribution in [0, 0.1) is 0 Å². The molecule has 2 heteroatoms. The first-order valence-electron chi connectivity index (χ1n) is 6.23. The van der Waals surface area contributed by atoms with E-state index in [-0.39, 0.29) is 0 Å². The van der Waals surface area contributed by atoms with Gasteiger partial charge in [0.15, 0.2) is 12.0 Å². The molecule has 19 heavy (non-hydrogen) atoms. The van der Waals surface area contributed by atoms with Crippen molar-refractivity contribution in [1.82, 2.24) is 4.98 Å². The Morgan fingerprint density at radius 3 is 2.63 bits per heavy atom. The third kappa shape index (κ3) is 1.61. The van der Waals surface area contributed by atoms with Crippen molar-refractivity contribution in [3.05, 3.63) is 67.1 Å². The van der Waals surface area contributed by atoms with E-state index in [4.69, 9.17) is 4.42 Å². The van der Waals surface area contributed by atoms with E-state index in [9.17, 15) is 0 Å². The van der Waals surface area contributed by atoms with Gasteiger partial charge in [-0.25, -0.2) is 4.98 Å². The summed E-state index contributed by atoms with van der Waals surface area (Å²) in [6.07, 6.45) is 1.50. The molecule has 1 heterocycles. The van der Waals surface area contributed by atoms with Crippen molar-refractivity contribution in [3.63, 3.8) is 0 Å². The van der Waals surface area contributed by atoms with E-state index in [0.717, 1.165) is 16.7 Å². The van der Waals surface area contributed by atoms with Crippen LogP contribution in [0.2, 0.25) is 0 Å². The maximum atomic E-state index is 5.36. The molecule has 90 valence electrons. The van der Waals surface area contributed by atoms with E-state index in [1.165, 1.54) is 22.7 Å². The fraction of sp³-hybridized carbons (Fsp3) is 0. The minimum Gasteiger partial charge on any atom is -0.443 e. The van der Waals surface area contributed by atoms with Crippen molar-refractivity contribution >= 4 is 21.9 Å². The van der Waals surface area contributed by atoms with Gasteiger partial charge in [0.25, 0.3) is 0 Å². The second-order valence-electron chi connectivity index (χ2n) is 4.57. The van der Waals surface area contributed by atoms with Crippen LogP contribution in [0.3, 0.4) is 0 Å². The second-order valence-corrected chi connectivity index (χ2v) is 4.57.